The molecule has 1 aliphatic rings. The summed E-state index contributed by atoms with van der Waals surface area (Å²) in [6.45, 7) is 5.37. The topological polar surface area (TPSA) is 80.5 Å². The van der Waals surface area contributed by atoms with Gasteiger partial charge in [-0.3, -0.25) is 4.79 Å². The maximum atomic E-state index is 11.2. The summed E-state index contributed by atoms with van der Waals surface area (Å²) in [5.41, 5.74) is 6.87. The fourth-order valence-electron chi connectivity index (χ4n) is 3.92. The van der Waals surface area contributed by atoms with Crippen LogP contribution in [-0.2, 0) is 6.54 Å². The molecule has 1 aliphatic heterocycles. The van der Waals surface area contributed by atoms with Crippen LogP contribution in [0, 0.1) is 0 Å². The number of carbonyl (C=O) groups is 1. The van der Waals surface area contributed by atoms with E-state index in [1.54, 1.807) is 12.1 Å². The predicted molar refractivity (Wildman–Crippen MR) is 126 cm³/mol. The first-order valence-corrected chi connectivity index (χ1v) is 10.6. The van der Waals surface area contributed by atoms with Crippen molar-refractivity contribution in [3.8, 4) is 11.6 Å². The Hall–Kier alpha value is -2.67. The Labute approximate surface area is 189 Å². The number of hydrogen-bond acceptors (Lipinski definition) is 5. The fourth-order valence-corrected chi connectivity index (χ4v) is 3.92. The van der Waals surface area contributed by atoms with E-state index < -0.39 is 5.91 Å². The molecular formula is C24H29ClN4O2. The van der Waals surface area contributed by atoms with Crippen molar-refractivity contribution in [3.63, 3.8) is 0 Å². The highest BCUT2D eigenvalue weighted by Gasteiger charge is 2.11. The van der Waals surface area contributed by atoms with E-state index >= 15 is 0 Å². The van der Waals surface area contributed by atoms with Crippen molar-refractivity contribution in [2.75, 3.05) is 26.2 Å². The Morgan fingerprint density at radius 3 is 2.52 bits per heavy atom. The van der Waals surface area contributed by atoms with E-state index in [1.165, 1.54) is 44.1 Å². The number of benzene rings is 2. The van der Waals surface area contributed by atoms with Crippen molar-refractivity contribution in [3.05, 3.63) is 65.9 Å². The number of likely N-dealkylation sites (tertiary alicyclic amines) is 1. The number of amides is 1. The van der Waals surface area contributed by atoms with Crippen LogP contribution in [0.3, 0.4) is 0 Å². The van der Waals surface area contributed by atoms with Gasteiger partial charge in [-0.1, -0.05) is 36.8 Å². The van der Waals surface area contributed by atoms with E-state index in [0.717, 1.165) is 36.2 Å². The Bertz CT molecular complexity index is 1000. The summed E-state index contributed by atoms with van der Waals surface area (Å²) in [5.74, 6) is 0.663. The van der Waals surface area contributed by atoms with Gasteiger partial charge >= 0.3 is 0 Å². The molecule has 2 aromatic carbocycles. The van der Waals surface area contributed by atoms with Gasteiger partial charge in [-0.15, -0.1) is 12.4 Å². The lowest BCUT2D eigenvalue weighted by Gasteiger charge is -2.26. The van der Waals surface area contributed by atoms with Gasteiger partial charge in [0.2, 0.25) is 11.8 Å². The maximum Gasteiger partial charge on any atom is 0.250 e. The number of piperidine rings is 1. The van der Waals surface area contributed by atoms with E-state index in [-0.39, 0.29) is 12.4 Å². The number of rotatable bonds is 8. The summed E-state index contributed by atoms with van der Waals surface area (Å²) in [6.07, 6.45) is 5.45. The highest BCUT2D eigenvalue weighted by molar-refractivity contribution is 5.92. The van der Waals surface area contributed by atoms with E-state index in [1.807, 2.05) is 18.2 Å². The number of aromatic nitrogens is 1. The van der Waals surface area contributed by atoms with Crippen molar-refractivity contribution in [1.29, 1.82) is 0 Å². The number of pyridine rings is 1. The summed E-state index contributed by atoms with van der Waals surface area (Å²) < 4.78 is 6.00. The molecule has 6 nitrogen and oxygen atoms in total. The third kappa shape index (κ3) is 5.94. The van der Waals surface area contributed by atoms with Gasteiger partial charge in [-0.05, 0) is 49.0 Å². The minimum absolute atomic E-state index is 0. The van der Waals surface area contributed by atoms with Crippen molar-refractivity contribution < 1.29 is 9.53 Å². The van der Waals surface area contributed by atoms with E-state index in [2.05, 4.69) is 33.4 Å². The lowest BCUT2D eigenvalue weighted by Crippen LogP contribution is -2.35. The van der Waals surface area contributed by atoms with Crippen LogP contribution in [0.2, 0.25) is 0 Å². The van der Waals surface area contributed by atoms with Crippen molar-refractivity contribution in [2.45, 2.75) is 25.8 Å². The molecule has 0 radical (unpaired) electrons. The molecule has 0 spiro atoms. The Balaban J connectivity index is 0.00000272. The zero-order valence-electron chi connectivity index (χ0n) is 17.5. The molecule has 31 heavy (non-hydrogen) atoms. The molecule has 0 atom stereocenters. The van der Waals surface area contributed by atoms with Crippen LogP contribution >= 0.6 is 12.4 Å². The first-order chi connectivity index (χ1) is 14.7. The van der Waals surface area contributed by atoms with Gasteiger partial charge in [0.25, 0.3) is 0 Å². The number of nitrogens with two attached hydrogens (primary N) is 1. The summed E-state index contributed by atoms with van der Waals surface area (Å²) in [4.78, 5) is 17.9. The predicted octanol–water partition coefficient (Wildman–Crippen LogP) is 4.12. The third-order valence-corrected chi connectivity index (χ3v) is 5.58. The van der Waals surface area contributed by atoms with Crippen LogP contribution in [0.15, 0.2) is 54.7 Å². The molecular weight excluding hydrogens is 412 g/mol. The number of carbonyl (C=O) groups excluding carboxylic acids is 1. The first-order valence-electron chi connectivity index (χ1n) is 10.6. The molecule has 164 valence electrons. The molecule has 3 aromatic rings. The highest BCUT2D eigenvalue weighted by Crippen LogP contribution is 2.31. The summed E-state index contributed by atoms with van der Waals surface area (Å²) in [6, 6.07) is 15.6. The molecule has 0 unspecified atom stereocenters. The van der Waals surface area contributed by atoms with Crippen molar-refractivity contribution in [1.82, 2.24) is 15.2 Å². The lowest BCUT2D eigenvalue weighted by atomic mass is 10.0. The van der Waals surface area contributed by atoms with Crippen LogP contribution in [0.4, 0.5) is 0 Å². The molecule has 2 heterocycles. The molecule has 1 fully saturated rings. The second kappa shape index (κ2) is 11.1. The second-order valence-corrected chi connectivity index (χ2v) is 7.70. The summed E-state index contributed by atoms with van der Waals surface area (Å²) >= 11 is 0. The number of nitrogens with one attached hydrogen (secondary N) is 1. The van der Waals surface area contributed by atoms with Crippen molar-refractivity contribution in [2.24, 2.45) is 5.73 Å². The molecule has 1 aromatic heterocycles. The Kier molecular flexibility index (Phi) is 8.23. The smallest absolute Gasteiger partial charge is 0.250 e. The van der Waals surface area contributed by atoms with Crippen LogP contribution in [-0.4, -0.2) is 42.0 Å². The minimum Gasteiger partial charge on any atom is -0.438 e. The van der Waals surface area contributed by atoms with E-state index in [0.29, 0.717) is 11.4 Å². The van der Waals surface area contributed by atoms with Gasteiger partial charge in [0, 0.05) is 37.3 Å². The Morgan fingerprint density at radius 2 is 1.81 bits per heavy atom. The zero-order chi connectivity index (χ0) is 20.8. The third-order valence-electron chi connectivity index (χ3n) is 5.58. The number of ether oxygens (including phenoxy) is 1. The van der Waals surface area contributed by atoms with Crippen molar-refractivity contribution >= 4 is 29.1 Å². The number of fused-ring (bicyclic) bond motifs is 1. The van der Waals surface area contributed by atoms with Gasteiger partial charge in [0.15, 0.2) is 0 Å². The average molecular weight is 441 g/mol. The molecule has 0 aliphatic carbocycles. The van der Waals surface area contributed by atoms with E-state index in [9.17, 15) is 4.79 Å². The van der Waals surface area contributed by atoms with Gasteiger partial charge in [0.1, 0.15) is 5.75 Å². The molecule has 1 amide bonds. The van der Waals surface area contributed by atoms with Crippen LogP contribution < -0.4 is 15.8 Å². The second-order valence-electron chi connectivity index (χ2n) is 7.70. The monoisotopic (exact) mass is 440 g/mol. The van der Waals surface area contributed by atoms with Gasteiger partial charge < -0.3 is 20.7 Å². The quantitative estimate of drug-likeness (QED) is 0.515. The van der Waals surface area contributed by atoms with Crippen LogP contribution in [0.25, 0.3) is 10.8 Å². The van der Waals surface area contributed by atoms with E-state index in [4.69, 9.17) is 10.5 Å². The first kappa shape index (κ1) is 23.0. The molecule has 0 saturated carbocycles. The number of hydrogen-bond donors (Lipinski definition) is 2. The normalized spacial score (nSPS) is 14.2. The summed E-state index contributed by atoms with van der Waals surface area (Å²) in [5, 5.41) is 5.79. The van der Waals surface area contributed by atoms with Gasteiger partial charge in [0.05, 0.1) is 5.56 Å². The molecule has 0 bridgehead atoms. The molecule has 7 heteroatoms. The molecule has 1 saturated heterocycles. The fraction of sp³-hybridized carbons (Fsp3) is 0.333. The molecule has 4 rings (SSSR count). The standard InChI is InChI=1S/C24H28N4O2.ClH/c25-24(29)19-9-11-23(27-17-19)30-22-10-8-18(20-6-2-3-7-21(20)22)16-26-12-15-28-13-4-1-5-14-28;/h2-3,6-11,17,26H,1,4-5,12-16H2,(H2,25,29);1H. The zero-order valence-corrected chi connectivity index (χ0v) is 18.4. The highest BCUT2D eigenvalue weighted by atomic mass is 35.5. The maximum absolute atomic E-state index is 11.2. The van der Waals surface area contributed by atoms with Crippen LogP contribution in [0.1, 0.15) is 35.2 Å². The minimum atomic E-state index is -0.503. The van der Waals surface area contributed by atoms with Gasteiger partial charge in [-0.25, -0.2) is 4.98 Å². The number of halogens is 1. The average Bonchev–Trinajstić information content (AvgIpc) is 2.79. The van der Waals surface area contributed by atoms with Crippen LogP contribution in [0.5, 0.6) is 11.6 Å². The Morgan fingerprint density at radius 1 is 1.03 bits per heavy atom. The number of primary amides is 1. The largest absolute Gasteiger partial charge is 0.438 e. The molecule has 3 N–H and O–H groups in total. The van der Waals surface area contributed by atoms with Gasteiger partial charge in [-0.2, -0.15) is 0 Å². The summed E-state index contributed by atoms with van der Waals surface area (Å²) in [7, 11) is 0. The SMILES string of the molecule is Cl.NC(=O)c1ccc(Oc2ccc(CNCCN3CCCCC3)c3ccccc23)nc1. The lowest BCUT2D eigenvalue weighted by molar-refractivity contribution is 0.1000. The number of nitrogens with zero attached hydrogens (tertiary/aromatic N) is 2.